The standard InChI is InChI=1S/C20H17ClN2O4S/c1-26-18(24)11-23-19(25)16(22-20(23)28)10-13-6-3-5-9-17(13)27-12-14-7-2-4-8-15(14)21/h2-10H,11-12H2,1H3,(H,22,28)/b16-10-. The molecule has 1 amide bonds. The molecule has 0 aromatic heterocycles. The number of nitrogens with zero attached hydrogens (tertiary/aromatic N) is 1. The molecule has 28 heavy (non-hydrogen) atoms. The molecule has 2 aromatic rings. The quantitative estimate of drug-likeness (QED) is 0.443. The Kier molecular flexibility index (Phi) is 6.28. The first-order chi connectivity index (χ1) is 13.5. The van der Waals surface area contributed by atoms with Crippen LogP contribution in [0.2, 0.25) is 5.02 Å². The molecule has 1 heterocycles. The van der Waals surface area contributed by atoms with Crippen LogP contribution < -0.4 is 10.1 Å². The predicted molar refractivity (Wildman–Crippen MR) is 110 cm³/mol. The fourth-order valence-corrected chi connectivity index (χ4v) is 3.01. The Bertz CT molecular complexity index is 961. The lowest BCUT2D eigenvalue weighted by Gasteiger charge is -2.11. The Balaban J connectivity index is 1.79. The van der Waals surface area contributed by atoms with Crippen molar-refractivity contribution in [3.63, 3.8) is 0 Å². The van der Waals surface area contributed by atoms with Crippen molar-refractivity contribution >= 4 is 46.9 Å². The molecule has 2 aromatic carbocycles. The summed E-state index contributed by atoms with van der Waals surface area (Å²) in [6.45, 7) is 0.0390. The highest BCUT2D eigenvalue weighted by molar-refractivity contribution is 7.80. The van der Waals surface area contributed by atoms with E-state index < -0.39 is 11.9 Å². The van der Waals surface area contributed by atoms with Gasteiger partial charge in [-0.3, -0.25) is 14.5 Å². The van der Waals surface area contributed by atoms with Gasteiger partial charge in [-0.25, -0.2) is 0 Å². The van der Waals surface area contributed by atoms with E-state index in [-0.39, 0.29) is 24.0 Å². The van der Waals surface area contributed by atoms with Crippen LogP contribution in [-0.2, 0) is 20.9 Å². The molecule has 0 unspecified atom stereocenters. The normalized spacial score (nSPS) is 14.9. The first-order valence-corrected chi connectivity index (χ1v) is 9.15. The van der Waals surface area contributed by atoms with Gasteiger partial charge in [0.25, 0.3) is 5.91 Å². The number of esters is 1. The predicted octanol–water partition coefficient (Wildman–Crippen LogP) is 3.15. The van der Waals surface area contributed by atoms with Crippen LogP contribution in [-0.4, -0.2) is 35.5 Å². The third-order valence-electron chi connectivity index (χ3n) is 4.04. The minimum atomic E-state index is -0.553. The van der Waals surface area contributed by atoms with Gasteiger partial charge in [-0.05, 0) is 30.4 Å². The Morgan fingerprint density at radius 1 is 1.21 bits per heavy atom. The Labute approximate surface area is 172 Å². The Morgan fingerprint density at radius 3 is 2.68 bits per heavy atom. The number of nitrogens with one attached hydrogen (secondary N) is 1. The summed E-state index contributed by atoms with van der Waals surface area (Å²) >= 11 is 11.3. The zero-order chi connectivity index (χ0) is 20.1. The SMILES string of the molecule is COC(=O)CN1C(=O)/C(=C/c2ccccc2OCc2ccccc2Cl)NC1=S. The number of benzene rings is 2. The van der Waals surface area contributed by atoms with Gasteiger partial charge in [0, 0.05) is 16.1 Å². The molecule has 1 fully saturated rings. The van der Waals surface area contributed by atoms with Crippen LogP contribution in [0.3, 0.4) is 0 Å². The van der Waals surface area contributed by atoms with E-state index in [0.29, 0.717) is 16.3 Å². The van der Waals surface area contributed by atoms with Gasteiger partial charge in [0.05, 0.1) is 7.11 Å². The topological polar surface area (TPSA) is 67.9 Å². The van der Waals surface area contributed by atoms with Gasteiger partial charge in [-0.1, -0.05) is 48.0 Å². The number of amides is 1. The summed E-state index contributed by atoms with van der Waals surface area (Å²) in [6, 6.07) is 14.7. The van der Waals surface area contributed by atoms with Gasteiger partial charge in [0.2, 0.25) is 0 Å². The highest BCUT2D eigenvalue weighted by Gasteiger charge is 2.32. The van der Waals surface area contributed by atoms with E-state index in [2.05, 4.69) is 10.1 Å². The minimum Gasteiger partial charge on any atom is -0.488 e. The Hall–Kier alpha value is -2.90. The largest absolute Gasteiger partial charge is 0.488 e. The monoisotopic (exact) mass is 416 g/mol. The van der Waals surface area contributed by atoms with Crippen molar-refractivity contribution in [2.45, 2.75) is 6.61 Å². The second-order valence-corrected chi connectivity index (χ2v) is 6.67. The van der Waals surface area contributed by atoms with E-state index in [1.165, 1.54) is 7.11 Å². The fourth-order valence-electron chi connectivity index (χ4n) is 2.57. The van der Waals surface area contributed by atoms with E-state index in [1.807, 2.05) is 36.4 Å². The maximum Gasteiger partial charge on any atom is 0.325 e. The molecule has 0 aliphatic carbocycles. The number of hydrogen-bond donors (Lipinski definition) is 1. The van der Waals surface area contributed by atoms with Gasteiger partial charge in [-0.15, -0.1) is 0 Å². The lowest BCUT2D eigenvalue weighted by Crippen LogP contribution is -2.35. The zero-order valence-electron chi connectivity index (χ0n) is 15.0. The first-order valence-electron chi connectivity index (χ1n) is 8.36. The molecule has 0 bridgehead atoms. The average Bonchev–Trinajstić information content (AvgIpc) is 2.95. The summed E-state index contributed by atoms with van der Waals surface area (Å²) in [4.78, 5) is 25.2. The van der Waals surface area contributed by atoms with E-state index in [9.17, 15) is 9.59 Å². The van der Waals surface area contributed by atoms with E-state index in [1.54, 1.807) is 18.2 Å². The minimum absolute atomic E-state index is 0.149. The highest BCUT2D eigenvalue weighted by Crippen LogP contribution is 2.25. The highest BCUT2D eigenvalue weighted by atomic mass is 35.5. The molecule has 0 radical (unpaired) electrons. The summed E-state index contributed by atoms with van der Waals surface area (Å²) in [5, 5.41) is 3.60. The van der Waals surface area contributed by atoms with Crippen molar-refractivity contribution < 1.29 is 19.1 Å². The maximum absolute atomic E-state index is 12.5. The third kappa shape index (κ3) is 4.49. The lowest BCUT2D eigenvalue weighted by molar-refractivity contribution is -0.143. The van der Waals surface area contributed by atoms with E-state index >= 15 is 0 Å². The summed E-state index contributed by atoms with van der Waals surface area (Å²) in [5.74, 6) is -0.375. The van der Waals surface area contributed by atoms with Gasteiger partial charge in [0.15, 0.2) is 5.11 Å². The summed E-state index contributed by atoms with van der Waals surface area (Å²) < 4.78 is 10.5. The molecule has 8 heteroatoms. The summed E-state index contributed by atoms with van der Waals surface area (Å²) in [5.41, 5.74) is 1.79. The number of rotatable bonds is 6. The fraction of sp³-hybridized carbons (Fsp3) is 0.150. The van der Waals surface area contributed by atoms with Crippen molar-refractivity contribution in [2.75, 3.05) is 13.7 Å². The molecule has 0 spiro atoms. The summed E-state index contributed by atoms with van der Waals surface area (Å²) in [6.07, 6.45) is 1.63. The van der Waals surface area contributed by atoms with Crippen LogP contribution in [0.15, 0.2) is 54.2 Å². The van der Waals surface area contributed by atoms with Crippen LogP contribution in [0.5, 0.6) is 5.75 Å². The molecule has 1 aliphatic rings. The van der Waals surface area contributed by atoms with E-state index in [4.69, 9.17) is 28.6 Å². The molecular weight excluding hydrogens is 400 g/mol. The number of methoxy groups -OCH3 is 1. The van der Waals surface area contributed by atoms with Crippen LogP contribution in [0.25, 0.3) is 6.08 Å². The molecule has 0 atom stereocenters. The number of carbonyl (C=O) groups excluding carboxylic acids is 2. The number of thiocarbonyl (C=S) groups is 1. The molecular formula is C20H17ClN2O4S. The van der Waals surface area contributed by atoms with Gasteiger partial charge in [0.1, 0.15) is 24.6 Å². The van der Waals surface area contributed by atoms with E-state index in [0.717, 1.165) is 10.5 Å². The van der Waals surface area contributed by atoms with Crippen LogP contribution >= 0.6 is 23.8 Å². The van der Waals surface area contributed by atoms with Gasteiger partial charge in [-0.2, -0.15) is 0 Å². The van der Waals surface area contributed by atoms with Crippen LogP contribution in [0.1, 0.15) is 11.1 Å². The van der Waals surface area contributed by atoms with Crippen molar-refractivity contribution in [1.29, 1.82) is 0 Å². The van der Waals surface area contributed by atoms with Crippen molar-refractivity contribution in [1.82, 2.24) is 10.2 Å². The second kappa shape index (κ2) is 8.86. The van der Waals surface area contributed by atoms with Crippen molar-refractivity contribution in [2.24, 2.45) is 0 Å². The number of carbonyl (C=O) groups is 2. The van der Waals surface area contributed by atoms with Crippen molar-refractivity contribution in [3.05, 3.63) is 70.4 Å². The number of ether oxygens (including phenoxy) is 2. The number of halogens is 1. The van der Waals surface area contributed by atoms with Crippen LogP contribution in [0, 0.1) is 0 Å². The lowest BCUT2D eigenvalue weighted by atomic mass is 10.1. The zero-order valence-corrected chi connectivity index (χ0v) is 16.5. The third-order valence-corrected chi connectivity index (χ3v) is 4.73. The molecule has 6 nitrogen and oxygen atoms in total. The molecule has 0 saturated carbocycles. The maximum atomic E-state index is 12.5. The molecule has 144 valence electrons. The van der Waals surface area contributed by atoms with Gasteiger partial charge >= 0.3 is 5.97 Å². The second-order valence-electron chi connectivity index (χ2n) is 5.87. The first kappa shape index (κ1) is 19.9. The van der Waals surface area contributed by atoms with Gasteiger partial charge < -0.3 is 14.8 Å². The van der Waals surface area contributed by atoms with Crippen molar-refractivity contribution in [3.8, 4) is 5.75 Å². The smallest absolute Gasteiger partial charge is 0.325 e. The van der Waals surface area contributed by atoms with Crippen LogP contribution in [0.4, 0.5) is 0 Å². The average molecular weight is 417 g/mol. The summed E-state index contributed by atoms with van der Waals surface area (Å²) in [7, 11) is 1.25. The number of para-hydroxylation sites is 1. The molecule has 1 saturated heterocycles. The Morgan fingerprint density at radius 2 is 1.93 bits per heavy atom. The molecule has 1 N–H and O–H groups in total. The molecule has 1 aliphatic heterocycles. The number of hydrogen-bond acceptors (Lipinski definition) is 5. The molecule has 3 rings (SSSR count).